The SMILES string of the molecule is CCCN(CCC)C(=O)c1cc(C)cc(C(=O)N[C@@H](C)C[C@H]2CNCCN2C(=O)OC(C)(C)C)c1. The van der Waals surface area contributed by atoms with Crippen molar-refractivity contribution in [3.63, 3.8) is 0 Å². The van der Waals surface area contributed by atoms with E-state index in [1.54, 1.807) is 17.0 Å². The number of hydrogen-bond donors (Lipinski definition) is 2. The minimum atomic E-state index is -0.559. The lowest BCUT2D eigenvalue weighted by Gasteiger charge is -2.38. The van der Waals surface area contributed by atoms with Gasteiger partial charge in [-0.05, 0) is 77.6 Å². The van der Waals surface area contributed by atoms with E-state index < -0.39 is 5.60 Å². The maximum atomic E-state index is 13.1. The van der Waals surface area contributed by atoms with E-state index in [0.717, 1.165) is 18.4 Å². The second-order valence-electron chi connectivity index (χ2n) is 10.5. The molecular weight excluding hydrogens is 444 g/mol. The second-order valence-corrected chi connectivity index (χ2v) is 10.5. The fraction of sp³-hybridized carbons (Fsp3) is 0.667. The first kappa shape index (κ1) is 28.6. The van der Waals surface area contributed by atoms with Crippen LogP contribution in [0.1, 0.15) is 87.1 Å². The minimum absolute atomic E-state index is 0.0409. The third kappa shape index (κ3) is 8.84. The van der Waals surface area contributed by atoms with Crippen LogP contribution < -0.4 is 10.6 Å². The van der Waals surface area contributed by atoms with Gasteiger partial charge in [0.2, 0.25) is 0 Å². The van der Waals surface area contributed by atoms with Crippen LogP contribution in [0.5, 0.6) is 0 Å². The summed E-state index contributed by atoms with van der Waals surface area (Å²) in [6, 6.07) is 5.07. The van der Waals surface area contributed by atoms with Crippen molar-refractivity contribution in [2.75, 3.05) is 32.7 Å². The Morgan fingerprint density at radius 3 is 2.37 bits per heavy atom. The highest BCUT2D eigenvalue weighted by Gasteiger charge is 2.31. The average Bonchev–Trinajstić information content (AvgIpc) is 2.77. The minimum Gasteiger partial charge on any atom is -0.444 e. The molecule has 0 radical (unpaired) electrons. The number of amides is 3. The van der Waals surface area contributed by atoms with Crippen LogP contribution in [0.25, 0.3) is 0 Å². The maximum Gasteiger partial charge on any atom is 0.410 e. The Balaban J connectivity index is 2.08. The van der Waals surface area contributed by atoms with Crippen molar-refractivity contribution in [1.29, 1.82) is 0 Å². The van der Waals surface area contributed by atoms with Crippen molar-refractivity contribution >= 4 is 17.9 Å². The van der Waals surface area contributed by atoms with Gasteiger partial charge in [0, 0.05) is 55.9 Å². The number of hydrogen-bond acceptors (Lipinski definition) is 5. The molecule has 2 atom stereocenters. The number of ether oxygens (including phenoxy) is 1. The monoisotopic (exact) mass is 488 g/mol. The fourth-order valence-corrected chi connectivity index (χ4v) is 4.38. The molecule has 2 rings (SSSR count). The zero-order valence-corrected chi connectivity index (χ0v) is 22.6. The van der Waals surface area contributed by atoms with Gasteiger partial charge >= 0.3 is 6.09 Å². The lowest BCUT2D eigenvalue weighted by Crippen LogP contribution is -2.56. The molecule has 3 amide bonds. The van der Waals surface area contributed by atoms with Gasteiger partial charge in [0.25, 0.3) is 11.8 Å². The van der Waals surface area contributed by atoms with Gasteiger partial charge in [-0.3, -0.25) is 9.59 Å². The van der Waals surface area contributed by atoms with Gasteiger partial charge in [-0.1, -0.05) is 13.8 Å². The Bertz CT molecular complexity index is 874. The van der Waals surface area contributed by atoms with Gasteiger partial charge in [-0.2, -0.15) is 0 Å². The van der Waals surface area contributed by atoms with Crippen LogP contribution in [-0.4, -0.2) is 78.1 Å². The molecule has 0 unspecified atom stereocenters. The van der Waals surface area contributed by atoms with Crippen LogP contribution in [0, 0.1) is 6.92 Å². The van der Waals surface area contributed by atoms with Gasteiger partial charge in [0.15, 0.2) is 0 Å². The summed E-state index contributed by atoms with van der Waals surface area (Å²) < 4.78 is 5.58. The summed E-state index contributed by atoms with van der Waals surface area (Å²) in [5, 5.41) is 6.38. The Morgan fingerprint density at radius 1 is 1.14 bits per heavy atom. The number of carbonyl (C=O) groups is 3. The summed E-state index contributed by atoms with van der Waals surface area (Å²) in [6.07, 6.45) is 2.04. The number of nitrogens with one attached hydrogen (secondary N) is 2. The molecule has 1 fully saturated rings. The Labute approximate surface area is 210 Å². The third-order valence-corrected chi connectivity index (χ3v) is 5.84. The lowest BCUT2D eigenvalue weighted by molar-refractivity contribution is 0.0104. The maximum absolute atomic E-state index is 13.1. The molecule has 1 aromatic carbocycles. The number of carbonyl (C=O) groups excluding carboxylic acids is 3. The summed E-state index contributed by atoms with van der Waals surface area (Å²) in [4.78, 5) is 42.5. The third-order valence-electron chi connectivity index (χ3n) is 5.84. The van der Waals surface area contributed by atoms with Crippen LogP contribution >= 0.6 is 0 Å². The zero-order chi connectivity index (χ0) is 26.2. The van der Waals surface area contributed by atoms with Crippen molar-refractivity contribution in [1.82, 2.24) is 20.4 Å². The Hall–Kier alpha value is -2.61. The van der Waals surface area contributed by atoms with E-state index in [0.29, 0.717) is 50.3 Å². The van der Waals surface area contributed by atoms with E-state index in [9.17, 15) is 14.4 Å². The van der Waals surface area contributed by atoms with Crippen LogP contribution in [0.3, 0.4) is 0 Å². The number of benzene rings is 1. The zero-order valence-electron chi connectivity index (χ0n) is 22.6. The van der Waals surface area contributed by atoms with Gasteiger partial charge in [0.05, 0.1) is 0 Å². The molecule has 1 aromatic rings. The predicted molar refractivity (Wildman–Crippen MR) is 139 cm³/mol. The standard InChI is InChI=1S/C27H44N4O4/c1-8-11-30(12-9-2)25(33)22-15-19(3)14-21(17-22)24(32)29-20(4)16-23-18-28-10-13-31(23)26(34)35-27(5,6)7/h14-15,17,20,23,28H,8-13,16,18H2,1-7H3,(H,29,32)/t20-,23-/m0/s1. The van der Waals surface area contributed by atoms with Crippen molar-refractivity contribution in [3.05, 3.63) is 34.9 Å². The highest BCUT2D eigenvalue weighted by molar-refractivity contribution is 6.00. The number of piperazine rings is 1. The van der Waals surface area contributed by atoms with E-state index in [4.69, 9.17) is 4.74 Å². The van der Waals surface area contributed by atoms with Crippen LogP contribution in [-0.2, 0) is 4.74 Å². The van der Waals surface area contributed by atoms with E-state index in [1.165, 1.54) is 0 Å². The molecule has 8 heteroatoms. The second kappa shape index (κ2) is 12.9. The number of aryl methyl sites for hydroxylation is 1. The van der Waals surface area contributed by atoms with Crippen LogP contribution in [0.15, 0.2) is 18.2 Å². The molecular formula is C27H44N4O4. The lowest BCUT2D eigenvalue weighted by atomic mass is 10.0. The highest BCUT2D eigenvalue weighted by Crippen LogP contribution is 2.17. The van der Waals surface area contributed by atoms with Crippen molar-refractivity contribution < 1.29 is 19.1 Å². The van der Waals surface area contributed by atoms with E-state index in [-0.39, 0.29) is 30.0 Å². The molecule has 35 heavy (non-hydrogen) atoms. The highest BCUT2D eigenvalue weighted by atomic mass is 16.6. The molecule has 1 saturated heterocycles. The smallest absolute Gasteiger partial charge is 0.410 e. The summed E-state index contributed by atoms with van der Waals surface area (Å²) in [5.41, 5.74) is 1.32. The van der Waals surface area contributed by atoms with Crippen molar-refractivity contribution in [2.45, 2.75) is 85.4 Å². The first-order valence-electron chi connectivity index (χ1n) is 12.9. The molecule has 0 aromatic heterocycles. The molecule has 2 N–H and O–H groups in total. The molecule has 0 saturated carbocycles. The quantitative estimate of drug-likeness (QED) is 0.549. The molecule has 8 nitrogen and oxygen atoms in total. The largest absolute Gasteiger partial charge is 0.444 e. The van der Waals surface area contributed by atoms with Crippen molar-refractivity contribution in [2.24, 2.45) is 0 Å². The van der Waals surface area contributed by atoms with E-state index in [1.807, 2.05) is 45.6 Å². The summed E-state index contributed by atoms with van der Waals surface area (Å²) >= 11 is 0. The van der Waals surface area contributed by atoms with Crippen molar-refractivity contribution in [3.8, 4) is 0 Å². The molecule has 0 aliphatic carbocycles. The average molecular weight is 489 g/mol. The van der Waals surface area contributed by atoms with Gasteiger partial charge in [-0.25, -0.2) is 4.79 Å². The molecule has 0 bridgehead atoms. The number of nitrogens with zero attached hydrogens (tertiary/aromatic N) is 2. The molecule has 1 heterocycles. The molecule has 1 aliphatic rings. The Kier molecular flexibility index (Phi) is 10.6. The Morgan fingerprint density at radius 2 is 1.77 bits per heavy atom. The number of rotatable bonds is 9. The normalized spacial score (nSPS) is 17.0. The molecule has 1 aliphatic heterocycles. The van der Waals surface area contributed by atoms with E-state index in [2.05, 4.69) is 24.5 Å². The summed E-state index contributed by atoms with van der Waals surface area (Å²) in [6.45, 7) is 16.8. The van der Waals surface area contributed by atoms with E-state index >= 15 is 0 Å². The first-order valence-corrected chi connectivity index (χ1v) is 12.9. The van der Waals surface area contributed by atoms with Gasteiger partial charge in [-0.15, -0.1) is 0 Å². The fourth-order valence-electron chi connectivity index (χ4n) is 4.38. The first-order chi connectivity index (χ1) is 16.4. The van der Waals surface area contributed by atoms with Gasteiger partial charge < -0.3 is 25.2 Å². The van der Waals surface area contributed by atoms with Gasteiger partial charge in [0.1, 0.15) is 5.60 Å². The predicted octanol–water partition coefficient (Wildman–Crippen LogP) is 3.97. The summed E-state index contributed by atoms with van der Waals surface area (Å²) in [5.74, 6) is -0.263. The van der Waals surface area contributed by atoms with Crippen LogP contribution in [0.2, 0.25) is 0 Å². The summed E-state index contributed by atoms with van der Waals surface area (Å²) in [7, 11) is 0. The molecule has 0 spiro atoms. The topological polar surface area (TPSA) is 91.0 Å². The molecule has 196 valence electrons. The van der Waals surface area contributed by atoms with Crippen LogP contribution in [0.4, 0.5) is 4.79 Å².